The van der Waals surface area contributed by atoms with Gasteiger partial charge in [0.25, 0.3) is 5.91 Å². The number of halogens is 1. The van der Waals surface area contributed by atoms with Gasteiger partial charge in [-0.25, -0.2) is 0 Å². The van der Waals surface area contributed by atoms with Crippen molar-refractivity contribution in [1.29, 1.82) is 0 Å². The van der Waals surface area contributed by atoms with Crippen molar-refractivity contribution >= 4 is 35.0 Å². The monoisotopic (exact) mass is 463 g/mol. The van der Waals surface area contributed by atoms with Crippen molar-refractivity contribution in [2.75, 3.05) is 5.32 Å². The Morgan fingerprint density at radius 3 is 2.44 bits per heavy atom. The molecular weight excluding hydrogens is 442 g/mol. The fraction of sp³-hybridized carbons (Fsp3) is 0.115. The molecule has 0 atom stereocenters. The van der Waals surface area contributed by atoms with Gasteiger partial charge in [-0.2, -0.15) is 0 Å². The Hall–Kier alpha value is -3.15. The lowest BCUT2D eigenvalue weighted by atomic mass is 10.1. The molecule has 6 heteroatoms. The quantitative estimate of drug-likeness (QED) is 0.307. The van der Waals surface area contributed by atoms with Crippen LogP contribution in [0.3, 0.4) is 0 Å². The lowest BCUT2D eigenvalue weighted by molar-refractivity contribution is 0.0992. The number of benzene rings is 3. The predicted molar refractivity (Wildman–Crippen MR) is 129 cm³/mol. The number of rotatable bonds is 7. The van der Waals surface area contributed by atoms with E-state index in [1.54, 1.807) is 23.9 Å². The number of furan rings is 1. The molecule has 0 radical (unpaired) electrons. The van der Waals surface area contributed by atoms with Gasteiger partial charge in [-0.05, 0) is 85.6 Å². The number of aryl methyl sites for hydroxylation is 2. The van der Waals surface area contributed by atoms with Gasteiger partial charge in [0.15, 0.2) is 5.76 Å². The fourth-order valence-corrected chi connectivity index (χ4v) is 4.25. The van der Waals surface area contributed by atoms with Crippen molar-refractivity contribution in [3.63, 3.8) is 0 Å². The molecule has 0 saturated carbocycles. The highest BCUT2D eigenvalue weighted by molar-refractivity contribution is 7.99. The number of para-hydroxylation sites is 1. The van der Waals surface area contributed by atoms with E-state index in [-0.39, 0.29) is 18.3 Å². The molecule has 0 bridgehead atoms. The van der Waals surface area contributed by atoms with Crippen LogP contribution in [0.15, 0.2) is 93.1 Å². The van der Waals surface area contributed by atoms with Crippen LogP contribution >= 0.6 is 23.4 Å². The standard InChI is InChI=1S/C26H22ClNO3S/c1-17-13-18(2)15-21(14-17)30-16-20-9-12-24(31-20)26(29)28-23-5-3-4-6-25(23)32-22-10-7-19(27)8-11-22/h3-15H,16H2,1-2H3,(H,28,29). The van der Waals surface area contributed by atoms with E-state index >= 15 is 0 Å². The first-order chi connectivity index (χ1) is 15.5. The average Bonchev–Trinajstić information content (AvgIpc) is 3.24. The summed E-state index contributed by atoms with van der Waals surface area (Å²) < 4.78 is 11.5. The Balaban J connectivity index is 1.41. The number of ether oxygens (including phenoxy) is 1. The zero-order chi connectivity index (χ0) is 22.5. The molecule has 0 fully saturated rings. The Kier molecular flexibility index (Phi) is 6.88. The Morgan fingerprint density at radius 1 is 0.969 bits per heavy atom. The van der Waals surface area contributed by atoms with Crippen LogP contribution in [0.2, 0.25) is 5.02 Å². The first-order valence-electron chi connectivity index (χ1n) is 10.1. The van der Waals surface area contributed by atoms with Crippen molar-refractivity contribution in [3.05, 3.63) is 107 Å². The minimum absolute atomic E-state index is 0.232. The normalized spacial score (nSPS) is 10.7. The molecule has 162 valence electrons. The highest BCUT2D eigenvalue weighted by atomic mass is 35.5. The summed E-state index contributed by atoms with van der Waals surface area (Å²) in [6.07, 6.45) is 0. The molecule has 1 heterocycles. The van der Waals surface area contributed by atoms with Gasteiger partial charge in [-0.3, -0.25) is 4.79 Å². The van der Waals surface area contributed by atoms with Crippen LogP contribution in [0.25, 0.3) is 0 Å². The van der Waals surface area contributed by atoms with Gasteiger partial charge < -0.3 is 14.5 Å². The van der Waals surface area contributed by atoms with Gasteiger partial charge >= 0.3 is 0 Å². The van der Waals surface area contributed by atoms with E-state index in [0.717, 1.165) is 26.7 Å². The van der Waals surface area contributed by atoms with Gasteiger partial charge in [0.2, 0.25) is 0 Å². The van der Waals surface area contributed by atoms with Crippen LogP contribution in [0.1, 0.15) is 27.4 Å². The van der Waals surface area contributed by atoms with Gasteiger partial charge in [0, 0.05) is 14.8 Å². The van der Waals surface area contributed by atoms with E-state index < -0.39 is 0 Å². The molecular formula is C26H22ClNO3S. The molecule has 1 N–H and O–H groups in total. The van der Waals surface area contributed by atoms with E-state index in [4.69, 9.17) is 20.8 Å². The molecule has 4 nitrogen and oxygen atoms in total. The maximum absolute atomic E-state index is 12.8. The molecule has 0 saturated heterocycles. The van der Waals surface area contributed by atoms with E-state index in [1.165, 1.54) is 0 Å². The molecule has 1 amide bonds. The Bertz CT molecular complexity index is 1210. The van der Waals surface area contributed by atoms with Crippen molar-refractivity contribution in [2.24, 2.45) is 0 Å². The van der Waals surface area contributed by atoms with Crippen molar-refractivity contribution in [2.45, 2.75) is 30.2 Å². The van der Waals surface area contributed by atoms with Crippen LogP contribution in [0, 0.1) is 13.8 Å². The molecule has 0 unspecified atom stereocenters. The highest BCUT2D eigenvalue weighted by Crippen LogP contribution is 2.34. The smallest absolute Gasteiger partial charge is 0.291 e. The van der Waals surface area contributed by atoms with Crippen LogP contribution < -0.4 is 10.1 Å². The van der Waals surface area contributed by atoms with Crippen LogP contribution in [0.5, 0.6) is 5.75 Å². The molecule has 0 spiro atoms. The summed E-state index contributed by atoms with van der Waals surface area (Å²) in [5.41, 5.74) is 2.98. The second-order valence-electron chi connectivity index (χ2n) is 7.38. The molecule has 4 aromatic rings. The van der Waals surface area contributed by atoms with Crippen molar-refractivity contribution < 1.29 is 13.9 Å². The zero-order valence-electron chi connectivity index (χ0n) is 17.7. The predicted octanol–water partition coefficient (Wildman–Crippen LogP) is 7.53. The SMILES string of the molecule is Cc1cc(C)cc(OCc2ccc(C(=O)Nc3ccccc3Sc3ccc(Cl)cc3)o2)c1. The maximum Gasteiger partial charge on any atom is 0.291 e. The third-order valence-electron chi connectivity index (χ3n) is 4.64. The lowest BCUT2D eigenvalue weighted by Gasteiger charge is -2.10. The largest absolute Gasteiger partial charge is 0.486 e. The summed E-state index contributed by atoms with van der Waals surface area (Å²) in [4.78, 5) is 14.7. The summed E-state index contributed by atoms with van der Waals surface area (Å²) in [5.74, 6) is 1.28. The van der Waals surface area contributed by atoms with Gasteiger partial charge in [0.1, 0.15) is 18.1 Å². The summed E-state index contributed by atoms with van der Waals surface area (Å²) in [5, 5.41) is 3.63. The lowest BCUT2D eigenvalue weighted by Crippen LogP contribution is -2.11. The number of hydrogen-bond acceptors (Lipinski definition) is 4. The number of nitrogens with one attached hydrogen (secondary N) is 1. The fourth-order valence-electron chi connectivity index (χ4n) is 3.22. The number of carbonyl (C=O) groups excluding carboxylic acids is 1. The van der Waals surface area contributed by atoms with Crippen LogP contribution in [-0.2, 0) is 6.61 Å². The topological polar surface area (TPSA) is 51.5 Å². The van der Waals surface area contributed by atoms with E-state index in [1.807, 2.05) is 74.5 Å². The van der Waals surface area contributed by atoms with E-state index in [2.05, 4.69) is 11.4 Å². The number of hydrogen-bond donors (Lipinski definition) is 1. The maximum atomic E-state index is 12.8. The van der Waals surface area contributed by atoms with E-state index in [9.17, 15) is 4.79 Å². The summed E-state index contributed by atoms with van der Waals surface area (Å²) in [6, 6.07) is 24.7. The van der Waals surface area contributed by atoms with Gasteiger partial charge in [0.05, 0.1) is 5.69 Å². The summed E-state index contributed by atoms with van der Waals surface area (Å²) in [6.45, 7) is 4.30. The van der Waals surface area contributed by atoms with Gasteiger partial charge in [-0.1, -0.05) is 41.6 Å². The molecule has 1 aromatic heterocycles. The minimum atomic E-state index is -0.313. The third kappa shape index (κ3) is 5.75. The first kappa shape index (κ1) is 22.1. The molecule has 32 heavy (non-hydrogen) atoms. The average molecular weight is 464 g/mol. The second-order valence-corrected chi connectivity index (χ2v) is 8.94. The Labute approximate surface area is 196 Å². The number of carbonyl (C=O) groups is 1. The molecule has 4 rings (SSSR count). The molecule has 0 aliphatic carbocycles. The second kappa shape index (κ2) is 9.98. The van der Waals surface area contributed by atoms with E-state index in [0.29, 0.717) is 16.5 Å². The summed E-state index contributed by atoms with van der Waals surface area (Å²) >= 11 is 7.52. The van der Waals surface area contributed by atoms with Crippen molar-refractivity contribution in [3.8, 4) is 5.75 Å². The number of anilines is 1. The molecule has 0 aliphatic heterocycles. The number of amides is 1. The van der Waals surface area contributed by atoms with Crippen LogP contribution in [0.4, 0.5) is 5.69 Å². The Morgan fingerprint density at radius 2 is 1.69 bits per heavy atom. The summed E-state index contributed by atoms with van der Waals surface area (Å²) in [7, 11) is 0. The van der Waals surface area contributed by atoms with Crippen LogP contribution in [-0.4, -0.2) is 5.91 Å². The molecule has 0 aliphatic rings. The highest BCUT2D eigenvalue weighted by Gasteiger charge is 2.14. The van der Waals surface area contributed by atoms with Crippen molar-refractivity contribution in [1.82, 2.24) is 0 Å². The third-order valence-corrected chi connectivity index (χ3v) is 5.97. The van der Waals surface area contributed by atoms with Gasteiger partial charge in [-0.15, -0.1) is 0 Å². The zero-order valence-corrected chi connectivity index (χ0v) is 19.3. The minimum Gasteiger partial charge on any atom is -0.486 e. The molecule has 3 aromatic carbocycles. The first-order valence-corrected chi connectivity index (χ1v) is 11.3.